The molecule has 1 aromatic carbocycles. The number of ether oxygens (including phenoxy) is 2. The van der Waals surface area contributed by atoms with Gasteiger partial charge >= 0.3 is 0 Å². The summed E-state index contributed by atoms with van der Waals surface area (Å²) < 4.78 is 17.8. The molecule has 23 heavy (non-hydrogen) atoms. The molecular formula is C14H15N5O3S. The number of rotatable bonds is 6. The van der Waals surface area contributed by atoms with Crippen LogP contribution in [0, 0.1) is 0 Å². The summed E-state index contributed by atoms with van der Waals surface area (Å²) in [6, 6.07) is 5.48. The van der Waals surface area contributed by atoms with E-state index in [1.165, 1.54) is 11.8 Å². The minimum Gasteiger partial charge on any atom is -0.496 e. The zero-order valence-electron chi connectivity index (χ0n) is 12.9. The van der Waals surface area contributed by atoms with Crippen LogP contribution < -0.4 is 9.47 Å². The summed E-state index contributed by atoms with van der Waals surface area (Å²) in [7, 11) is 5.05. The van der Waals surface area contributed by atoms with Crippen LogP contribution in [0.15, 0.2) is 34.2 Å². The molecule has 0 saturated carbocycles. The smallest absolute Gasteiger partial charge is 0.237 e. The third-order valence-electron chi connectivity index (χ3n) is 3.11. The molecule has 0 amide bonds. The first kappa shape index (κ1) is 15.3. The summed E-state index contributed by atoms with van der Waals surface area (Å²) in [5.74, 6) is 2.65. The lowest BCUT2D eigenvalue weighted by Gasteiger charge is -2.09. The molecule has 0 unspecified atom stereocenters. The molecule has 3 aromatic rings. The van der Waals surface area contributed by atoms with Crippen LogP contribution in [-0.4, -0.2) is 39.1 Å². The van der Waals surface area contributed by atoms with Gasteiger partial charge in [-0.1, -0.05) is 23.0 Å². The Bertz CT molecular complexity index is 779. The number of nitrogens with zero attached hydrogens (tertiary/aromatic N) is 5. The molecule has 0 saturated heterocycles. The van der Waals surface area contributed by atoms with Crippen LogP contribution in [0.25, 0.3) is 11.4 Å². The van der Waals surface area contributed by atoms with Crippen molar-refractivity contribution in [2.75, 3.05) is 14.2 Å². The summed E-state index contributed by atoms with van der Waals surface area (Å²) in [6.07, 6.45) is 1.64. The molecule has 0 atom stereocenters. The molecule has 3 rings (SSSR count). The minimum absolute atomic E-state index is 0.424. The van der Waals surface area contributed by atoms with Crippen molar-refractivity contribution < 1.29 is 14.0 Å². The molecule has 0 radical (unpaired) electrons. The molecule has 2 aromatic heterocycles. The number of hydrogen-bond acceptors (Lipinski definition) is 8. The standard InChI is InChI=1S/C14H15N5O3S/c1-19-8-15-17-14(19)23-7-11-16-13(18-22-11)12-9(20-2)5-4-6-10(12)21-3/h4-6,8H,7H2,1-3H3. The normalized spacial score (nSPS) is 10.7. The second-order valence-corrected chi connectivity index (χ2v) is 5.50. The molecule has 9 heteroatoms. The minimum atomic E-state index is 0.424. The number of benzene rings is 1. The van der Waals surface area contributed by atoms with Gasteiger partial charge in [-0.15, -0.1) is 10.2 Å². The SMILES string of the molecule is COc1cccc(OC)c1-c1noc(CSc2nncn2C)n1. The van der Waals surface area contributed by atoms with Crippen LogP contribution in [0.3, 0.4) is 0 Å². The summed E-state index contributed by atoms with van der Waals surface area (Å²) in [5.41, 5.74) is 0.663. The van der Waals surface area contributed by atoms with Crippen LogP contribution in [0.4, 0.5) is 0 Å². The summed E-state index contributed by atoms with van der Waals surface area (Å²) in [6.45, 7) is 0. The van der Waals surface area contributed by atoms with Crippen molar-refractivity contribution in [3.8, 4) is 22.9 Å². The molecule has 0 spiro atoms. The fraction of sp³-hybridized carbons (Fsp3) is 0.286. The quantitative estimate of drug-likeness (QED) is 0.634. The Balaban J connectivity index is 1.83. The largest absolute Gasteiger partial charge is 0.496 e. The van der Waals surface area contributed by atoms with Gasteiger partial charge < -0.3 is 18.6 Å². The maximum Gasteiger partial charge on any atom is 0.237 e. The predicted octanol–water partition coefficient (Wildman–Crippen LogP) is 2.17. The molecule has 0 aliphatic rings. The van der Waals surface area contributed by atoms with Gasteiger partial charge in [0.25, 0.3) is 0 Å². The number of aryl methyl sites for hydroxylation is 1. The Hall–Kier alpha value is -2.55. The van der Waals surface area contributed by atoms with E-state index in [0.29, 0.717) is 34.5 Å². The number of hydrogen-bond donors (Lipinski definition) is 0. The Morgan fingerprint density at radius 2 is 1.96 bits per heavy atom. The molecular weight excluding hydrogens is 318 g/mol. The topological polar surface area (TPSA) is 88.1 Å². The van der Waals surface area contributed by atoms with Gasteiger partial charge in [-0.2, -0.15) is 4.98 Å². The van der Waals surface area contributed by atoms with Crippen LogP contribution >= 0.6 is 11.8 Å². The molecule has 0 fully saturated rings. The average molecular weight is 333 g/mol. The highest BCUT2D eigenvalue weighted by atomic mass is 32.2. The van der Waals surface area contributed by atoms with E-state index in [2.05, 4.69) is 20.3 Å². The van der Waals surface area contributed by atoms with E-state index in [1.807, 2.05) is 29.8 Å². The molecule has 8 nitrogen and oxygen atoms in total. The fourth-order valence-electron chi connectivity index (χ4n) is 2.02. The first-order valence-electron chi connectivity index (χ1n) is 6.73. The van der Waals surface area contributed by atoms with Gasteiger partial charge in [0.15, 0.2) is 5.16 Å². The van der Waals surface area contributed by atoms with Crippen molar-refractivity contribution in [3.63, 3.8) is 0 Å². The van der Waals surface area contributed by atoms with E-state index in [1.54, 1.807) is 20.5 Å². The maximum absolute atomic E-state index is 5.36. The van der Waals surface area contributed by atoms with Gasteiger partial charge in [-0.25, -0.2) is 0 Å². The van der Waals surface area contributed by atoms with Gasteiger partial charge in [0.2, 0.25) is 11.7 Å². The van der Waals surface area contributed by atoms with E-state index >= 15 is 0 Å². The van der Waals surface area contributed by atoms with E-state index in [0.717, 1.165) is 5.16 Å². The van der Waals surface area contributed by atoms with E-state index < -0.39 is 0 Å². The molecule has 2 heterocycles. The Kier molecular flexibility index (Phi) is 4.47. The second-order valence-electron chi connectivity index (χ2n) is 4.56. The highest BCUT2D eigenvalue weighted by Crippen LogP contribution is 2.36. The van der Waals surface area contributed by atoms with Gasteiger partial charge in [-0.05, 0) is 12.1 Å². The Morgan fingerprint density at radius 3 is 2.57 bits per heavy atom. The highest BCUT2D eigenvalue weighted by molar-refractivity contribution is 7.98. The van der Waals surface area contributed by atoms with Crippen molar-refractivity contribution in [2.45, 2.75) is 10.9 Å². The van der Waals surface area contributed by atoms with Crippen LogP contribution in [0.2, 0.25) is 0 Å². The van der Waals surface area contributed by atoms with Crippen molar-refractivity contribution in [2.24, 2.45) is 7.05 Å². The maximum atomic E-state index is 5.36. The van der Waals surface area contributed by atoms with Gasteiger partial charge in [0.05, 0.1) is 20.0 Å². The highest BCUT2D eigenvalue weighted by Gasteiger charge is 2.18. The van der Waals surface area contributed by atoms with E-state index in [9.17, 15) is 0 Å². The van der Waals surface area contributed by atoms with E-state index in [4.69, 9.17) is 14.0 Å². The van der Waals surface area contributed by atoms with Gasteiger partial charge in [0, 0.05) is 7.05 Å². The molecule has 0 bridgehead atoms. The number of aromatic nitrogens is 5. The average Bonchev–Trinajstić information content (AvgIpc) is 3.20. The third-order valence-corrected chi connectivity index (χ3v) is 4.13. The summed E-state index contributed by atoms with van der Waals surface area (Å²) >= 11 is 1.47. The second kappa shape index (κ2) is 6.69. The summed E-state index contributed by atoms with van der Waals surface area (Å²) in [5, 5.41) is 12.6. The Labute approximate surface area is 136 Å². The molecule has 0 N–H and O–H groups in total. The lowest BCUT2D eigenvalue weighted by Crippen LogP contribution is -1.94. The van der Waals surface area contributed by atoms with Crippen LogP contribution in [0.1, 0.15) is 5.89 Å². The first-order chi connectivity index (χ1) is 11.2. The van der Waals surface area contributed by atoms with Crippen LogP contribution in [0.5, 0.6) is 11.5 Å². The lowest BCUT2D eigenvalue weighted by molar-refractivity contribution is 0.385. The Morgan fingerprint density at radius 1 is 1.22 bits per heavy atom. The van der Waals surface area contributed by atoms with Crippen LogP contribution in [-0.2, 0) is 12.8 Å². The first-order valence-corrected chi connectivity index (χ1v) is 7.72. The predicted molar refractivity (Wildman–Crippen MR) is 83.4 cm³/mol. The monoisotopic (exact) mass is 333 g/mol. The van der Waals surface area contributed by atoms with Gasteiger partial charge in [0.1, 0.15) is 23.4 Å². The van der Waals surface area contributed by atoms with Crippen molar-refractivity contribution >= 4 is 11.8 Å². The lowest BCUT2D eigenvalue weighted by atomic mass is 10.1. The molecule has 0 aliphatic carbocycles. The van der Waals surface area contributed by atoms with E-state index in [-0.39, 0.29) is 0 Å². The van der Waals surface area contributed by atoms with Crippen molar-refractivity contribution in [1.29, 1.82) is 0 Å². The zero-order chi connectivity index (χ0) is 16.2. The zero-order valence-corrected chi connectivity index (χ0v) is 13.7. The third kappa shape index (κ3) is 3.14. The van der Waals surface area contributed by atoms with Gasteiger partial charge in [-0.3, -0.25) is 0 Å². The number of thioether (sulfide) groups is 1. The molecule has 0 aliphatic heterocycles. The number of methoxy groups -OCH3 is 2. The van der Waals surface area contributed by atoms with Crippen molar-refractivity contribution in [3.05, 3.63) is 30.4 Å². The molecule has 120 valence electrons. The van der Waals surface area contributed by atoms with Crippen molar-refractivity contribution in [1.82, 2.24) is 24.9 Å². The summed E-state index contributed by atoms with van der Waals surface area (Å²) in [4.78, 5) is 4.41. The fourth-order valence-corrected chi connectivity index (χ4v) is 2.74.